The van der Waals surface area contributed by atoms with Crippen molar-refractivity contribution in [1.82, 2.24) is 5.32 Å². The lowest BCUT2D eigenvalue weighted by Crippen LogP contribution is -2.39. The lowest BCUT2D eigenvalue weighted by Gasteiger charge is -2.26. The van der Waals surface area contributed by atoms with Gasteiger partial charge in [-0.1, -0.05) is 6.92 Å². The summed E-state index contributed by atoms with van der Waals surface area (Å²) in [5, 5.41) is 7.77. The summed E-state index contributed by atoms with van der Waals surface area (Å²) in [7, 11) is 1.43. The molecule has 2 saturated heterocycles. The van der Waals surface area contributed by atoms with E-state index in [1.54, 1.807) is 0 Å². The lowest BCUT2D eigenvalue weighted by atomic mass is 9.97. The summed E-state index contributed by atoms with van der Waals surface area (Å²) >= 11 is 0. The Hall–Kier alpha value is -2.09. The number of morpholine rings is 1. The van der Waals surface area contributed by atoms with Gasteiger partial charge in [0, 0.05) is 55.9 Å². The molecule has 7 nitrogen and oxygen atoms in total. The second-order valence-electron chi connectivity index (χ2n) is 7.68. The van der Waals surface area contributed by atoms with E-state index in [4.69, 9.17) is 18.6 Å². The number of methoxy groups -OCH3 is 1. The molecule has 4 rings (SSSR count). The highest BCUT2D eigenvalue weighted by molar-refractivity contribution is 6.07. The molecule has 2 aliphatic heterocycles. The molecule has 158 valence electrons. The van der Waals surface area contributed by atoms with Crippen LogP contribution >= 0.6 is 0 Å². The van der Waals surface area contributed by atoms with Gasteiger partial charge in [-0.2, -0.15) is 0 Å². The van der Waals surface area contributed by atoms with Gasteiger partial charge in [-0.25, -0.2) is 4.79 Å². The molecule has 3 heterocycles. The van der Waals surface area contributed by atoms with E-state index < -0.39 is 0 Å². The monoisotopic (exact) mass is 402 g/mol. The Morgan fingerprint density at radius 3 is 2.79 bits per heavy atom. The van der Waals surface area contributed by atoms with Gasteiger partial charge in [0.25, 0.3) is 0 Å². The molecule has 7 heteroatoms. The van der Waals surface area contributed by atoms with E-state index in [2.05, 4.69) is 17.6 Å². The number of ether oxygens (including phenoxy) is 3. The van der Waals surface area contributed by atoms with Gasteiger partial charge in [0.05, 0.1) is 25.4 Å². The Balaban J connectivity index is 1.71. The van der Waals surface area contributed by atoms with Crippen molar-refractivity contribution >= 4 is 22.6 Å². The third-order valence-electron chi connectivity index (χ3n) is 5.74. The van der Waals surface area contributed by atoms with E-state index in [0.29, 0.717) is 30.2 Å². The molecule has 2 N–H and O–H groups in total. The Morgan fingerprint density at radius 2 is 2.10 bits per heavy atom. The van der Waals surface area contributed by atoms with E-state index in [0.717, 1.165) is 68.0 Å². The minimum Gasteiger partial charge on any atom is -0.465 e. The lowest BCUT2D eigenvalue weighted by molar-refractivity contribution is 0.0265. The van der Waals surface area contributed by atoms with Crippen LogP contribution in [0.5, 0.6) is 0 Å². The predicted octanol–water partition coefficient (Wildman–Crippen LogP) is 2.90. The number of nitrogens with one attached hydrogen (secondary N) is 2. The first-order valence-electron chi connectivity index (χ1n) is 10.5. The Labute approximate surface area is 171 Å². The number of hydrogen-bond donors (Lipinski definition) is 2. The summed E-state index contributed by atoms with van der Waals surface area (Å²) in [5.74, 6) is 0.495. The number of esters is 1. The van der Waals surface area contributed by atoms with Crippen molar-refractivity contribution in [3.8, 4) is 0 Å². The first-order valence-corrected chi connectivity index (χ1v) is 10.5. The fourth-order valence-corrected chi connectivity index (χ4v) is 4.24. The molecule has 2 aromatic rings. The van der Waals surface area contributed by atoms with Crippen LogP contribution in [0.2, 0.25) is 0 Å². The predicted molar refractivity (Wildman–Crippen MR) is 111 cm³/mol. The topological polar surface area (TPSA) is 82.0 Å². The molecule has 0 radical (unpaired) electrons. The second kappa shape index (κ2) is 9.15. The van der Waals surface area contributed by atoms with Crippen LogP contribution in [0.3, 0.4) is 0 Å². The Bertz CT molecular complexity index is 850. The van der Waals surface area contributed by atoms with Crippen molar-refractivity contribution in [3.05, 3.63) is 29.0 Å². The third-order valence-corrected chi connectivity index (χ3v) is 5.74. The summed E-state index contributed by atoms with van der Waals surface area (Å²) in [5.41, 5.74) is 3.22. The molecule has 2 fully saturated rings. The molecule has 0 amide bonds. The zero-order valence-electron chi connectivity index (χ0n) is 17.2. The molecular weight excluding hydrogens is 372 g/mol. The summed E-state index contributed by atoms with van der Waals surface area (Å²) in [6, 6.07) is 4.32. The molecular formula is C22H30N2O5. The van der Waals surface area contributed by atoms with Crippen molar-refractivity contribution in [2.24, 2.45) is 0 Å². The largest absolute Gasteiger partial charge is 0.465 e. The smallest absolute Gasteiger partial charge is 0.338 e. The average molecular weight is 402 g/mol. The number of fused-ring (bicyclic) bond motifs is 1. The minimum atomic E-state index is -0.328. The number of benzene rings is 1. The molecule has 1 unspecified atom stereocenters. The van der Waals surface area contributed by atoms with E-state index >= 15 is 0 Å². The fraction of sp³-hybridized carbons (Fsp3) is 0.591. The highest BCUT2D eigenvalue weighted by Gasteiger charge is 2.25. The molecule has 1 aromatic carbocycles. The van der Waals surface area contributed by atoms with Gasteiger partial charge >= 0.3 is 5.97 Å². The molecule has 0 bridgehead atoms. The zero-order chi connectivity index (χ0) is 20.2. The van der Waals surface area contributed by atoms with Gasteiger partial charge < -0.3 is 29.3 Å². The van der Waals surface area contributed by atoms with Crippen LogP contribution in [0.15, 0.2) is 16.5 Å². The van der Waals surface area contributed by atoms with Crippen molar-refractivity contribution in [2.75, 3.05) is 45.3 Å². The maximum Gasteiger partial charge on any atom is 0.338 e. The number of carbonyl (C=O) groups is 1. The van der Waals surface area contributed by atoms with E-state index in [1.165, 1.54) is 7.11 Å². The summed E-state index contributed by atoms with van der Waals surface area (Å²) in [4.78, 5) is 12.7. The third kappa shape index (κ3) is 4.42. The Morgan fingerprint density at radius 1 is 1.28 bits per heavy atom. The molecule has 1 atom stereocenters. The van der Waals surface area contributed by atoms with Gasteiger partial charge in [0.2, 0.25) is 0 Å². The van der Waals surface area contributed by atoms with Crippen LogP contribution in [0.4, 0.5) is 5.69 Å². The maximum absolute atomic E-state index is 12.7. The van der Waals surface area contributed by atoms with E-state index in [-0.39, 0.29) is 12.1 Å². The second-order valence-corrected chi connectivity index (χ2v) is 7.68. The molecule has 2 aliphatic rings. The van der Waals surface area contributed by atoms with Crippen molar-refractivity contribution in [2.45, 2.75) is 44.8 Å². The number of carbonyl (C=O) groups excluding carboxylic acids is 1. The zero-order valence-corrected chi connectivity index (χ0v) is 17.2. The van der Waals surface area contributed by atoms with Crippen LogP contribution in [0, 0.1) is 0 Å². The van der Waals surface area contributed by atoms with Gasteiger partial charge in [-0.15, -0.1) is 0 Å². The van der Waals surface area contributed by atoms with Crippen LogP contribution in [-0.4, -0.2) is 58.1 Å². The summed E-state index contributed by atoms with van der Waals surface area (Å²) in [6.45, 7) is 5.96. The van der Waals surface area contributed by atoms with Crippen molar-refractivity contribution in [3.63, 3.8) is 0 Å². The minimum absolute atomic E-state index is 0.0800. The normalized spacial score (nSPS) is 20.7. The Kier molecular flexibility index (Phi) is 6.37. The average Bonchev–Trinajstić information content (AvgIpc) is 3.15. The molecule has 0 saturated carbocycles. The first-order chi connectivity index (χ1) is 14.2. The standard InChI is InChI=1S/C22H30N2O5/c1-3-17-19(24-14-4-7-27-8-5-14)12-20-18(21(17)22(25)26-2)11-15(29-20)10-16-13-23-6-9-28-16/h11-12,14,16,23-24H,3-10,13H2,1-2H3. The number of anilines is 1. The highest BCUT2D eigenvalue weighted by Crippen LogP contribution is 2.34. The van der Waals surface area contributed by atoms with Crippen LogP contribution in [0.1, 0.15) is 41.4 Å². The molecule has 0 spiro atoms. The van der Waals surface area contributed by atoms with Gasteiger partial charge in [-0.3, -0.25) is 0 Å². The molecule has 0 aliphatic carbocycles. The summed E-state index contributed by atoms with van der Waals surface area (Å²) in [6.07, 6.45) is 3.37. The molecule has 1 aromatic heterocycles. The van der Waals surface area contributed by atoms with E-state index in [1.807, 2.05) is 12.1 Å². The van der Waals surface area contributed by atoms with Gasteiger partial charge in [0.15, 0.2) is 0 Å². The fourth-order valence-electron chi connectivity index (χ4n) is 4.24. The SMILES string of the molecule is CCc1c(NC2CCOCC2)cc2oc(CC3CNCCO3)cc2c1C(=O)OC. The quantitative estimate of drug-likeness (QED) is 0.719. The number of furan rings is 1. The number of hydrogen-bond acceptors (Lipinski definition) is 7. The first kappa shape index (κ1) is 20.2. The molecule has 29 heavy (non-hydrogen) atoms. The highest BCUT2D eigenvalue weighted by atomic mass is 16.5. The van der Waals surface area contributed by atoms with Crippen LogP contribution in [-0.2, 0) is 27.1 Å². The maximum atomic E-state index is 12.7. The van der Waals surface area contributed by atoms with Crippen molar-refractivity contribution < 1.29 is 23.4 Å². The van der Waals surface area contributed by atoms with Gasteiger partial charge in [-0.05, 0) is 30.9 Å². The van der Waals surface area contributed by atoms with Gasteiger partial charge in [0.1, 0.15) is 11.3 Å². The van der Waals surface area contributed by atoms with Crippen LogP contribution < -0.4 is 10.6 Å². The van der Waals surface area contributed by atoms with Crippen LogP contribution in [0.25, 0.3) is 11.0 Å². The summed E-state index contributed by atoms with van der Waals surface area (Å²) < 4.78 is 22.6. The van der Waals surface area contributed by atoms with Crippen molar-refractivity contribution in [1.29, 1.82) is 0 Å². The number of rotatable bonds is 6. The van der Waals surface area contributed by atoms with E-state index in [9.17, 15) is 4.79 Å².